The van der Waals surface area contributed by atoms with E-state index in [0.29, 0.717) is 12.0 Å². The molecule has 2 fully saturated rings. The normalized spacial score (nSPS) is 27.6. The fraction of sp³-hybridized carbons (Fsp3) is 0.667. The first kappa shape index (κ1) is 15.0. The van der Waals surface area contributed by atoms with Crippen molar-refractivity contribution >= 4 is 0 Å². The number of likely N-dealkylation sites (tertiary alicyclic amines) is 1. The van der Waals surface area contributed by atoms with E-state index in [2.05, 4.69) is 24.2 Å². The van der Waals surface area contributed by atoms with Crippen LogP contribution >= 0.6 is 0 Å². The average Bonchev–Trinajstić information content (AvgIpc) is 3.28. The molecular formula is C18H27FN2. The van der Waals surface area contributed by atoms with E-state index < -0.39 is 0 Å². The number of rotatable bonds is 4. The Kier molecular flexibility index (Phi) is 4.60. The lowest BCUT2D eigenvalue weighted by atomic mass is 9.87. The lowest BCUT2D eigenvalue weighted by molar-refractivity contribution is 0.187. The molecule has 2 atom stereocenters. The number of nitrogens with one attached hydrogen (secondary N) is 1. The van der Waals surface area contributed by atoms with Gasteiger partial charge < -0.3 is 5.32 Å². The Hall–Kier alpha value is -0.930. The molecule has 2 unspecified atom stereocenters. The maximum absolute atomic E-state index is 13.7. The molecule has 3 rings (SSSR count). The van der Waals surface area contributed by atoms with Crippen molar-refractivity contribution < 1.29 is 4.39 Å². The minimum absolute atomic E-state index is 0.109. The summed E-state index contributed by atoms with van der Waals surface area (Å²) in [5.74, 6) is 0.473. The molecule has 116 valence electrons. The summed E-state index contributed by atoms with van der Waals surface area (Å²) >= 11 is 0. The summed E-state index contributed by atoms with van der Waals surface area (Å²) in [5.41, 5.74) is 2.40. The summed E-state index contributed by atoms with van der Waals surface area (Å²) in [5, 5.41) is 3.69. The molecule has 21 heavy (non-hydrogen) atoms. The third-order valence-electron chi connectivity index (χ3n) is 5.06. The van der Waals surface area contributed by atoms with Crippen molar-refractivity contribution in [3.8, 4) is 0 Å². The van der Waals surface area contributed by atoms with Crippen LogP contribution in [0.2, 0.25) is 0 Å². The minimum Gasteiger partial charge on any atom is -0.314 e. The Morgan fingerprint density at radius 2 is 2.05 bits per heavy atom. The van der Waals surface area contributed by atoms with Crippen molar-refractivity contribution in [2.45, 2.75) is 51.1 Å². The molecule has 0 aromatic heterocycles. The maximum Gasteiger partial charge on any atom is 0.123 e. The van der Waals surface area contributed by atoms with Crippen molar-refractivity contribution in [2.24, 2.45) is 5.92 Å². The zero-order valence-electron chi connectivity index (χ0n) is 13.2. The monoisotopic (exact) mass is 290 g/mol. The summed E-state index contributed by atoms with van der Waals surface area (Å²) in [6.07, 6.45) is 6.43. The van der Waals surface area contributed by atoms with Gasteiger partial charge in [0.05, 0.1) is 0 Å². The highest BCUT2D eigenvalue weighted by Gasteiger charge is 2.31. The fourth-order valence-electron chi connectivity index (χ4n) is 3.67. The van der Waals surface area contributed by atoms with Crippen LogP contribution in [0.3, 0.4) is 0 Å². The van der Waals surface area contributed by atoms with Crippen molar-refractivity contribution in [2.75, 3.05) is 20.1 Å². The Bertz CT molecular complexity index is 484. The van der Waals surface area contributed by atoms with Gasteiger partial charge >= 0.3 is 0 Å². The Morgan fingerprint density at radius 1 is 1.24 bits per heavy atom. The highest BCUT2D eigenvalue weighted by Crippen LogP contribution is 2.36. The van der Waals surface area contributed by atoms with Crippen molar-refractivity contribution in [1.82, 2.24) is 10.2 Å². The highest BCUT2D eigenvalue weighted by atomic mass is 19.1. The molecule has 3 heteroatoms. The summed E-state index contributed by atoms with van der Waals surface area (Å²) in [6, 6.07) is 6.34. The molecule has 0 radical (unpaired) electrons. The number of hydrogen-bond donors (Lipinski definition) is 1. The maximum atomic E-state index is 13.7. The predicted octanol–water partition coefficient (Wildman–Crippen LogP) is 3.66. The molecule has 1 saturated heterocycles. The topological polar surface area (TPSA) is 15.3 Å². The average molecular weight is 290 g/mol. The SMILES string of the molecule is Cc1ccc(F)cc1C1C(CNC2CC2)CCCCN1C. The quantitative estimate of drug-likeness (QED) is 0.910. The second-order valence-corrected chi connectivity index (χ2v) is 6.86. The van der Waals surface area contributed by atoms with Gasteiger partial charge in [-0.05, 0) is 75.4 Å². The van der Waals surface area contributed by atoms with Crippen LogP contribution in [0.1, 0.15) is 49.3 Å². The summed E-state index contributed by atoms with van der Waals surface area (Å²) in [6.45, 7) is 4.29. The molecule has 1 aromatic rings. The van der Waals surface area contributed by atoms with Gasteiger partial charge in [-0.15, -0.1) is 0 Å². The van der Waals surface area contributed by atoms with E-state index in [1.165, 1.54) is 43.2 Å². The van der Waals surface area contributed by atoms with E-state index in [1.54, 1.807) is 12.1 Å². The van der Waals surface area contributed by atoms with E-state index in [1.807, 2.05) is 6.07 Å². The molecule has 2 nitrogen and oxygen atoms in total. The van der Waals surface area contributed by atoms with E-state index in [4.69, 9.17) is 0 Å². The van der Waals surface area contributed by atoms with Gasteiger partial charge in [0, 0.05) is 18.6 Å². The van der Waals surface area contributed by atoms with E-state index in [0.717, 1.165) is 19.1 Å². The van der Waals surface area contributed by atoms with Gasteiger partial charge in [0.25, 0.3) is 0 Å². The molecule has 2 aliphatic rings. The van der Waals surface area contributed by atoms with Crippen molar-refractivity contribution in [3.63, 3.8) is 0 Å². The second-order valence-electron chi connectivity index (χ2n) is 6.86. The lowest BCUT2D eigenvalue weighted by Crippen LogP contribution is -2.36. The Labute approximate surface area is 127 Å². The zero-order chi connectivity index (χ0) is 14.8. The van der Waals surface area contributed by atoms with Crippen LogP contribution in [0.15, 0.2) is 18.2 Å². The third kappa shape index (κ3) is 3.64. The van der Waals surface area contributed by atoms with Crippen LogP contribution in [0.4, 0.5) is 4.39 Å². The number of hydrogen-bond acceptors (Lipinski definition) is 2. The van der Waals surface area contributed by atoms with Crippen LogP contribution in [0.5, 0.6) is 0 Å². The van der Waals surface area contributed by atoms with E-state index in [9.17, 15) is 4.39 Å². The highest BCUT2D eigenvalue weighted by molar-refractivity contribution is 5.30. The second kappa shape index (κ2) is 6.45. The van der Waals surface area contributed by atoms with Crippen LogP contribution in [-0.2, 0) is 0 Å². The van der Waals surface area contributed by atoms with Crippen LogP contribution in [0.25, 0.3) is 0 Å². The Balaban J connectivity index is 1.85. The molecule has 0 amide bonds. The van der Waals surface area contributed by atoms with Gasteiger partial charge in [0.15, 0.2) is 0 Å². The van der Waals surface area contributed by atoms with Gasteiger partial charge in [0.1, 0.15) is 5.82 Å². The van der Waals surface area contributed by atoms with Gasteiger partial charge in [0.2, 0.25) is 0 Å². The molecule has 1 aliphatic heterocycles. The summed E-state index contributed by atoms with van der Waals surface area (Å²) < 4.78 is 13.7. The fourth-order valence-corrected chi connectivity index (χ4v) is 3.67. The third-order valence-corrected chi connectivity index (χ3v) is 5.06. The molecule has 0 spiro atoms. The summed E-state index contributed by atoms with van der Waals surface area (Å²) in [4.78, 5) is 2.44. The van der Waals surface area contributed by atoms with Crippen molar-refractivity contribution in [1.29, 1.82) is 0 Å². The van der Waals surface area contributed by atoms with Gasteiger partial charge in [-0.3, -0.25) is 4.90 Å². The number of benzene rings is 1. The number of aryl methyl sites for hydroxylation is 1. The summed E-state index contributed by atoms with van der Waals surface area (Å²) in [7, 11) is 2.20. The van der Waals surface area contributed by atoms with E-state index >= 15 is 0 Å². The van der Waals surface area contributed by atoms with Crippen molar-refractivity contribution in [3.05, 3.63) is 35.1 Å². The molecule has 1 aliphatic carbocycles. The number of halogens is 1. The van der Waals surface area contributed by atoms with E-state index in [-0.39, 0.29) is 5.82 Å². The van der Waals surface area contributed by atoms with Gasteiger partial charge in [-0.25, -0.2) is 4.39 Å². The molecule has 1 N–H and O–H groups in total. The lowest BCUT2D eigenvalue weighted by Gasteiger charge is -2.34. The first-order valence-electron chi connectivity index (χ1n) is 8.35. The van der Waals surface area contributed by atoms with Crippen LogP contribution < -0.4 is 5.32 Å². The minimum atomic E-state index is -0.109. The standard InChI is InChI=1S/C18H27FN2/c1-13-6-7-15(19)11-17(13)18-14(12-20-16-8-9-16)5-3-4-10-21(18)2/h6-7,11,14,16,18,20H,3-5,8-10,12H2,1-2H3. The zero-order valence-corrected chi connectivity index (χ0v) is 13.2. The number of nitrogens with zero attached hydrogens (tertiary/aromatic N) is 1. The molecular weight excluding hydrogens is 263 g/mol. The molecule has 1 aromatic carbocycles. The Morgan fingerprint density at radius 3 is 2.81 bits per heavy atom. The molecule has 0 bridgehead atoms. The largest absolute Gasteiger partial charge is 0.314 e. The molecule has 1 heterocycles. The smallest absolute Gasteiger partial charge is 0.123 e. The first-order valence-corrected chi connectivity index (χ1v) is 8.35. The predicted molar refractivity (Wildman–Crippen MR) is 84.9 cm³/mol. The molecule has 1 saturated carbocycles. The van der Waals surface area contributed by atoms with Gasteiger partial charge in [-0.2, -0.15) is 0 Å². The van der Waals surface area contributed by atoms with Crippen LogP contribution in [0, 0.1) is 18.7 Å². The van der Waals surface area contributed by atoms with Crippen LogP contribution in [-0.4, -0.2) is 31.1 Å². The van der Waals surface area contributed by atoms with Gasteiger partial charge in [-0.1, -0.05) is 12.5 Å². The first-order chi connectivity index (χ1) is 10.1.